The number of halogens is 1. The average Bonchev–Trinajstić information content (AvgIpc) is 3.14. The van der Waals surface area contributed by atoms with Crippen LogP contribution in [0.3, 0.4) is 0 Å². The molecule has 2 saturated heterocycles. The molecule has 2 bridgehead atoms. The summed E-state index contributed by atoms with van der Waals surface area (Å²) < 4.78 is 17.1. The Balaban J connectivity index is 1.66. The Morgan fingerprint density at radius 1 is 1.10 bits per heavy atom. The minimum Gasteiger partial charge on any atom is -0.494 e. The lowest BCUT2D eigenvalue weighted by Crippen LogP contribution is -2.65. The molecule has 2 heterocycles. The van der Waals surface area contributed by atoms with Crippen molar-refractivity contribution in [2.75, 3.05) is 19.8 Å². The molecule has 4 N–H and O–H groups in total. The van der Waals surface area contributed by atoms with Crippen molar-refractivity contribution < 1.29 is 34.6 Å². The number of aliphatic hydroxyl groups is 4. The highest BCUT2D eigenvalue weighted by molar-refractivity contribution is 6.31. The van der Waals surface area contributed by atoms with E-state index in [2.05, 4.69) is 0 Å². The normalized spacial score (nSPS) is 32.9. The zero-order valence-corrected chi connectivity index (χ0v) is 17.2. The monoisotopic (exact) mass is 436 g/mol. The van der Waals surface area contributed by atoms with E-state index in [4.69, 9.17) is 25.8 Å². The summed E-state index contributed by atoms with van der Waals surface area (Å²) in [5.74, 6) is -0.925. The minimum absolute atomic E-state index is 0.171. The molecular formula is C22H25ClO7. The van der Waals surface area contributed by atoms with Gasteiger partial charge in [0.2, 0.25) is 5.79 Å². The van der Waals surface area contributed by atoms with Gasteiger partial charge in [-0.2, -0.15) is 0 Å². The van der Waals surface area contributed by atoms with Crippen molar-refractivity contribution in [3.8, 4) is 5.75 Å². The molecule has 2 aliphatic rings. The van der Waals surface area contributed by atoms with E-state index in [-0.39, 0.29) is 6.61 Å². The zero-order chi connectivity index (χ0) is 21.5. The average molecular weight is 437 g/mol. The molecule has 0 aliphatic carbocycles. The minimum atomic E-state index is -1.71. The lowest BCUT2D eigenvalue weighted by atomic mass is 9.83. The molecule has 2 aromatic rings. The van der Waals surface area contributed by atoms with Crippen molar-refractivity contribution in [2.24, 2.45) is 0 Å². The number of hydrogen-bond donors (Lipinski definition) is 4. The summed E-state index contributed by atoms with van der Waals surface area (Å²) >= 11 is 6.41. The predicted octanol–water partition coefficient (Wildman–Crippen LogP) is 1.36. The third-order valence-electron chi connectivity index (χ3n) is 5.81. The molecule has 0 aromatic heterocycles. The third kappa shape index (κ3) is 3.40. The molecule has 7 nitrogen and oxygen atoms in total. The van der Waals surface area contributed by atoms with Crippen molar-refractivity contribution in [2.45, 2.75) is 43.0 Å². The van der Waals surface area contributed by atoms with Crippen LogP contribution >= 0.6 is 11.6 Å². The van der Waals surface area contributed by atoms with Crippen molar-refractivity contribution in [1.29, 1.82) is 0 Å². The van der Waals surface area contributed by atoms with Gasteiger partial charge in [0.05, 0.1) is 19.8 Å². The third-order valence-corrected chi connectivity index (χ3v) is 6.17. The Kier molecular flexibility index (Phi) is 5.80. The molecule has 8 heteroatoms. The van der Waals surface area contributed by atoms with Gasteiger partial charge in [-0.15, -0.1) is 0 Å². The van der Waals surface area contributed by atoms with Crippen LogP contribution in [0.4, 0.5) is 0 Å². The van der Waals surface area contributed by atoms with Crippen molar-refractivity contribution >= 4 is 11.6 Å². The summed E-state index contributed by atoms with van der Waals surface area (Å²) in [7, 11) is 0. The Morgan fingerprint density at radius 3 is 2.50 bits per heavy atom. The maximum atomic E-state index is 10.7. The van der Waals surface area contributed by atoms with Gasteiger partial charge in [-0.3, -0.25) is 0 Å². The van der Waals surface area contributed by atoms with Crippen LogP contribution in [0.25, 0.3) is 0 Å². The van der Waals surface area contributed by atoms with Crippen LogP contribution in [-0.4, -0.2) is 64.2 Å². The Labute approximate surface area is 179 Å². The van der Waals surface area contributed by atoms with E-state index in [1.807, 2.05) is 31.2 Å². The first-order valence-electron chi connectivity index (χ1n) is 9.85. The van der Waals surface area contributed by atoms with Crippen LogP contribution < -0.4 is 4.74 Å². The van der Waals surface area contributed by atoms with Crippen LogP contribution in [0.2, 0.25) is 5.02 Å². The zero-order valence-electron chi connectivity index (χ0n) is 16.5. The molecule has 162 valence electrons. The maximum Gasteiger partial charge on any atom is 0.225 e. The van der Waals surface area contributed by atoms with Crippen LogP contribution in [0.1, 0.15) is 23.6 Å². The molecule has 0 radical (unpaired) electrons. The van der Waals surface area contributed by atoms with E-state index in [0.717, 1.165) is 16.9 Å². The summed E-state index contributed by atoms with van der Waals surface area (Å²) in [6.45, 7) is 1.78. The lowest BCUT2D eigenvalue weighted by molar-refractivity contribution is -0.329. The topological polar surface area (TPSA) is 109 Å². The van der Waals surface area contributed by atoms with Crippen LogP contribution in [0, 0.1) is 0 Å². The van der Waals surface area contributed by atoms with E-state index in [1.165, 1.54) is 0 Å². The van der Waals surface area contributed by atoms with E-state index in [1.54, 1.807) is 18.2 Å². The van der Waals surface area contributed by atoms with E-state index in [0.29, 0.717) is 23.6 Å². The van der Waals surface area contributed by atoms with Gasteiger partial charge in [0.25, 0.3) is 0 Å². The van der Waals surface area contributed by atoms with Crippen molar-refractivity contribution in [1.82, 2.24) is 0 Å². The van der Waals surface area contributed by atoms with Crippen LogP contribution in [0.5, 0.6) is 5.75 Å². The van der Waals surface area contributed by atoms with Crippen molar-refractivity contribution in [3.63, 3.8) is 0 Å². The first kappa shape index (κ1) is 21.5. The lowest BCUT2D eigenvalue weighted by Gasteiger charge is -2.46. The molecule has 0 spiro atoms. The predicted molar refractivity (Wildman–Crippen MR) is 108 cm³/mol. The fraction of sp³-hybridized carbons (Fsp3) is 0.455. The summed E-state index contributed by atoms with van der Waals surface area (Å²) in [6.07, 6.45) is -4.06. The van der Waals surface area contributed by atoms with Gasteiger partial charge in [-0.25, -0.2) is 0 Å². The van der Waals surface area contributed by atoms with Gasteiger partial charge < -0.3 is 34.6 Å². The highest BCUT2D eigenvalue weighted by atomic mass is 35.5. The largest absolute Gasteiger partial charge is 0.494 e. The molecule has 2 fully saturated rings. The number of benzene rings is 2. The summed E-state index contributed by atoms with van der Waals surface area (Å²) in [4.78, 5) is 0. The van der Waals surface area contributed by atoms with Crippen molar-refractivity contribution in [3.05, 3.63) is 64.2 Å². The number of fused-ring (bicyclic) bond motifs is 2. The summed E-state index contributed by atoms with van der Waals surface area (Å²) in [6, 6.07) is 12.7. The molecule has 0 saturated carbocycles. The van der Waals surface area contributed by atoms with Crippen LogP contribution in [0.15, 0.2) is 42.5 Å². The second-order valence-corrected chi connectivity index (χ2v) is 8.13. The standard InChI is InChI=1S/C22H25ClO7/c1-2-28-16-6-3-13(4-7-16)9-14-10-15(5-8-17(14)23)22-20(27)18(25)19(26)21(11-24,30-22)12-29-22/h3-8,10,18-20,24-27H,2,9,11-12H2,1H3/t18-,19+,20-,21+,22+/m0/s1. The van der Waals surface area contributed by atoms with E-state index < -0.39 is 36.3 Å². The first-order valence-corrected chi connectivity index (χ1v) is 10.2. The Hall–Kier alpha value is -1.71. The molecule has 0 amide bonds. The Morgan fingerprint density at radius 2 is 1.83 bits per heavy atom. The number of rotatable bonds is 6. The van der Waals surface area contributed by atoms with Gasteiger partial charge in [-0.1, -0.05) is 29.8 Å². The maximum absolute atomic E-state index is 10.7. The number of ether oxygens (including phenoxy) is 3. The SMILES string of the molecule is CCOc1ccc(Cc2cc([C@@]34OC[C@@](CO)(O3)[C@H](O)[C@H](O)[C@@H]4O)ccc2Cl)cc1. The summed E-state index contributed by atoms with van der Waals surface area (Å²) in [5.41, 5.74) is 0.719. The molecular weight excluding hydrogens is 412 g/mol. The fourth-order valence-electron chi connectivity index (χ4n) is 4.09. The highest BCUT2D eigenvalue weighted by Crippen LogP contribution is 2.49. The quantitative estimate of drug-likeness (QED) is 0.541. The van der Waals surface area contributed by atoms with Crippen LogP contribution in [-0.2, 0) is 21.7 Å². The fourth-order valence-corrected chi connectivity index (χ4v) is 4.28. The molecule has 0 unspecified atom stereocenters. The molecule has 2 aromatic carbocycles. The molecule has 2 aliphatic heterocycles. The first-order chi connectivity index (χ1) is 14.3. The number of aliphatic hydroxyl groups excluding tert-OH is 4. The van der Waals surface area contributed by atoms with Gasteiger partial charge in [-0.05, 0) is 48.7 Å². The molecule has 30 heavy (non-hydrogen) atoms. The molecule has 5 atom stereocenters. The van der Waals surface area contributed by atoms with Gasteiger partial charge >= 0.3 is 0 Å². The highest BCUT2D eigenvalue weighted by Gasteiger charge is 2.67. The van der Waals surface area contributed by atoms with E-state index in [9.17, 15) is 20.4 Å². The van der Waals surface area contributed by atoms with E-state index >= 15 is 0 Å². The second-order valence-electron chi connectivity index (χ2n) is 7.72. The Bertz CT molecular complexity index is 905. The van der Waals surface area contributed by atoms with Gasteiger partial charge in [0, 0.05) is 10.6 Å². The summed E-state index contributed by atoms with van der Waals surface area (Å²) in [5, 5.41) is 41.7. The smallest absolute Gasteiger partial charge is 0.225 e. The molecule has 4 rings (SSSR count). The van der Waals surface area contributed by atoms with Gasteiger partial charge in [0.1, 0.15) is 29.7 Å². The second kappa shape index (κ2) is 8.09. The number of hydrogen-bond acceptors (Lipinski definition) is 7. The van der Waals surface area contributed by atoms with Gasteiger partial charge in [0.15, 0.2) is 0 Å².